The molecule has 0 aliphatic carbocycles. The van der Waals surface area contributed by atoms with E-state index in [9.17, 15) is 14.4 Å². The van der Waals surface area contributed by atoms with Crippen LogP contribution in [0.5, 0.6) is 0 Å². The minimum atomic E-state index is -0.361. The zero-order valence-corrected chi connectivity index (χ0v) is 22.3. The van der Waals surface area contributed by atoms with Gasteiger partial charge in [0.1, 0.15) is 5.82 Å². The van der Waals surface area contributed by atoms with E-state index in [1.807, 2.05) is 48.6 Å². The highest BCUT2D eigenvalue weighted by atomic mass is 35.5. The number of ether oxygens (including phenoxy) is 1. The fourth-order valence-electron chi connectivity index (χ4n) is 5.02. The third-order valence-electron chi connectivity index (χ3n) is 7.04. The molecule has 2 aliphatic heterocycles. The molecule has 1 unspecified atom stereocenters. The maximum atomic E-state index is 13.3. The predicted octanol–water partition coefficient (Wildman–Crippen LogP) is 5.32. The van der Waals surface area contributed by atoms with Gasteiger partial charge in [-0.05, 0) is 48.6 Å². The zero-order valence-electron chi connectivity index (χ0n) is 21.6. The quantitative estimate of drug-likeness (QED) is 0.302. The van der Waals surface area contributed by atoms with Gasteiger partial charge in [0.2, 0.25) is 5.91 Å². The van der Waals surface area contributed by atoms with Crippen LogP contribution in [0.2, 0.25) is 5.02 Å². The summed E-state index contributed by atoms with van der Waals surface area (Å²) in [6.07, 6.45) is 7.90. The largest absolute Gasteiger partial charge is 0.469 e. The number of imidazole rings is 1. The molecule has 3 aromatic rings. The number of rotatable bonds is 4. The van der Waals surface area contributed by atoms with Gasteiger partial charge in [0.25, 0.3) is 0 Å². The van der Waals surface area contributed by atoms with Crippen molar-refractivity contribution in [2.45, 2.75) is 44.2 Å². The van der Waals surface area contributed by atoms with Gasteiger partial charge in [0.15, 0.2) is 0 Å². The number of nitrogens with zero attached hydrogens (tertiary/aromatic N) is 2. The molecule has 2 aliphatic rings. The Bertz CT molecular complexity index is 1420. The van der Waals surface area contributed by atoms with Crippen molar-refractivity contribution in [3.63, 3.8) is 0 Å². The van der Waals surface area contributed by atoms with Crippen LogP contribution in [0.1, 0.15) is 54.7 Å². The van der Waals surface area contributed by atoms with Gasteiger partial charge in [0.05, 0.1) is 43.2 Å². The van der Waals surface area contributed by atoms with E-state index < -0.39 is 0 Å². The van der Waals surface area contributed by atoms with Gasteiger partial charge in [-0.15, -0.1) is 0 Å². The van der Waals surface area contributed by atoms with Crippen molar-refractivity contribution in [3.8, 4) is 11.3 Å². The van der Waals surface area contributed by atoms with Crippen molar-refractivity contribution in [2.24, 2.45) is 0 Å². The highest BCUT2D eigenvalue weighted by Gasteiger charge is 2.33. The molecule has 202 valence electrons. The molecule has 5 rings (SSSR count). The van der Waals surface area contributed by atoms with Crippen molar-refractivity contribution < 1.29 is 19.1 Å². The van der Waals surface area contributed by atoms with E-state index >= 15 is 0 Å². The smallest absolute Gasteiger partial charge is 0.318 e. The number of hydrogen-bond donors (Lipinski definition) is 3. The fraction of sp³-hybridized carbons (Fsp3) is 0.310. The van der Waals surface area contributed by atoms with Crippen molar-refractivity contribution in [1.29, 1.82) is 0 Å². The summed E-state index contributed by atoms with van der Waals surface area (Å²) >= 11 is 6.17. The monoisotopic (exact) mass is 547 g/mol. The van der Waals surface area contributed by atoms with Crippen LogP contribution in [0.4, 0.5) is 10.5 Å². The summed E-state index contributed by atoms with van der Waals surface area (Å²) in [5.74, 6) is 0.162. The van der Waals surface area contributed by atoms with Crippen molar-refractivity contribution in [2.75, 3.05) is 19.0 Å². The van der Waals surface area contributed by atoms with Crippen LogP contribution >= 0.6 is 11.6 Å². The molecule has 0 saturated carbocycles. The number of benzene rings is 2. The lowest BCUT2D eigenvalue weighted by Crippen LogP contribution is -2.49. The van der Waals surface area contributed by atoms with Crippen LogP contribution in [0.25, 0.3) is 11.3 Å². The summed E-state index contributed by atoms with van der Waals surface area (Å²) in [6.45, 7) is 0.547. The summed E-state index contributed by atoms with van der Waals surface area (Å²) in [5.41, 5.74) is 3.72. The lowest BCUT2D eigenvalue weighted by atomic mass is 10.0. The summed E-state index contributed by atoms with van der Waals surface area (Å²) in [4.78, 5) is 47.7. The Kier molecular flexibility index (Phi) is 7.97. The van der Waals surface area contributed by atoms with E-state index in [2.05, 4.69) is 20.6 Å². The predicted molar refractivity (Wildman–Crippen MR) is 148 cm³/mol. The number of hydrogen-bond acceptors (Lipinski definition) is 5. The molecule has 10 heteroatoms. The molecule has 0 spiro atoms. The average molecular weight is 548 g/mol. The molecule has 2 bridgehead atoms. The number of fused-ring (bicyclic) bond motifs is 4. The molecule has 3 amide bonds. The first-order valence-electron chi connectivity index (χ1n) is 12.9. The molecular weight excluding hydrogens is 518 g/mol. The first-order valence-corrected chi connectivity index (χ1v) is 13.3. The van der Waals surface area contributed by atoms with E-state index in [0.29, 0.717) is 48.0 Å². The van der Waals surface area contributed by atoms with E-state index in [1.54, 1.807) is 17.2 Å². The number of amides is 3. The Labute approximate surface area is 231 Å². The number of urea groups is 1. The van der Waals surface area contributed by atoms with E-state index in [-0.39, 0.29) is 36.4 Å². The van der Waals surface area contributed by atoms with Gasteiger partial charge >= 0.3 is 12.0 Å². The number of aromatic nitrogens is 2. The lowest BCUT2D eigenvalue weighted by molar-refractivity contribution is -0.139. The van der Waals surface area contributed by atoms with Gasteiger partial charge in [0, 0.05) is 23.6 Å². The SMILES string of the molecule is COC(=O)Cc1ccc2c(c1)NC(=O)CC/C=C/C[C@H](N1CCC(c3cccc(Cl)c3)NC1=O)c1ncc-2[nH]1. The zero-order chi connectivity index (χ0) is 27.4. The maximum absolute atomic E-state index is 13.3. The maximum Gasteiger partial charge on any atom is 0.318 e. The second-order valence-electron chi connectivity index (χ2n) is 9.66. The third kappa shape index (κ3) is 6.15. The summed E-state index contributed by atoms with van der Waals surface area (Å²) in [5, 5.41) is 6.74. The van der Waals surface area contributed by atoms with E-state index in [0.717, 1.165) is 23.1 Å². The number of anilines is 1. The van der Waals surface area contributed by atoms with E-state index in [4.69, 9.17) is 16.3 Å². The minimum Gasteiger partial charge on any atom is -0.469 e. The molecule has 1 saturated heterocycles. The second-order valence-corrected chi connectivity index (χ2v) is 10.1. The highest BCUT2D eigenvalue weighted by Crippen LogP contribution is 2.34. The molecule has 9 nitrogen and oxygen atoms in total. The number of nitrogens with one attached hydrogen (secondary N) is 3. The van der Waals surface area contributed by atoms with Gasteiger partial charge in [-0.25, -0.2) is 9.78 Å². The molecular formula is C29H30ClN5O4. The van der Waals surface area contributed by atoms with Crippen LogP contribution < -0.4 is 10.6 Å². The molecule has 3 heterocycles. The molecule has 2 atom stereocenters. The molecule has 3 N–H and O–H groups in total. The molecule has 1 fully saturated rings. The minimum absolute atomic E-state index is 0.0962. The van der Waals surface area contributed by atoms with Crippen LogP contribution in [-0.4, -0.2) is 46.4 Å². The third-order valence-corrected chi connectivity index (χ3v) is 7.28. The van der Waals surface area contributed by atoms with Crippen LogP contribution in [0, 0.1) is 0 Å². The normalized spacial score (nSPS) is 20.4. The van der Waals surface area contributed by atoms with Crippen LogP contribution in [-0.2, 0) is 20.7 Å². The Morgan fingerprint density at radius 3 is 2.85 bits per heavy atom. The first kappa shape index (κ1) is 26.5. The number of carbonyl (C=O) groups excluding carboxylic acids is 3. The first-order chi connectivity index (χ1) is 18.9. The Hall–Kier alpha value is -4.11. The summed E-state index contributed by atoms with van der Waals surface area (Å²) < 4.78 is 4.79. The Morgan fingerprint density at radius 2 is 2.05 bits per heavy atom. The van der Waals surface area contributed by atoms with Crippen molar-refractivity contribution in [1.82, 2.24) is 20.2 Å². The van der Waals surface area contributed by atoms with Gasteiger partial charge in [-0.3, -0.25) is 9.59 Å². The van der Waals surface area contributed by atoms with Gasteiger partial charge in [-0.2, -0.15) is 0 Å². The van der Waals surface area contributed by atoms with E-state index in [1.165, 1.54) is 7.11 Å². The molecule has 39 heavy (non-hydrogen) atoms. The van der Waals surface area contributed by atoms with Gasteiger partial charge in [-0.1, -0.05) is 48.0 Å². The number of aromatic amines is 1. The Morgan fingerprint density at radius 1 is 1.18 bits per heavy atom. The summed E-state index contributed by atoms with van der Waals surface area (Å²) in [6, 6.07) is 12.4. The molecule has 1 aromatic heterocycles. The number of esters is 1. The number of H-pyrrole nitrogens is 1. The lowest BCUT2D eigenvalue weighted by Gasteiger charge is -2.37. The number of carbonyl (C=O) groups is 3. The van der Waals surface area contributed by atoms with Crippen LogP contribution in [0.15, 0.2) is 60.8 Å². The van der Waals surface area contributed by atoms with Crippen LogP contribution in [0.3, 0.4) is 0 Å². The Balaban J connectivity index is 1.43. The van der Waals surface area contributed by atoms with Crippen molar-refractivity contribution in [3.05, 3.63) is 82.8 Å². The molecule has 2 aromatic carbocycles. The van der Waals surface area contributed by atoms with Crippen molar-refractivity contribution >= 4 is 35.2 Å². The van der Waals surface area contributed by atoms with Gasteiger partial charge < -0.3 is 25.3 Å². The number of methoxy groups -OCH3 is 1. The fourth-order valence-corrected chi connectivity index (χ4v) is 5.22. The number of allylic oxidation sites excluding steroid dienone is 1. The highest BCUT2D eigenvalue weighted by molar-refractivity contribution is 6.30. The number of halogens is 1. The standard InChI is InChI=1S/C29H30ClN5O4/c1-39-27(37)15-18-10-11-21-23(14-18)32-26(36)9-4-2-3-8-25(28-31-17-24(21)33-28)35-13-12-22(34-29(35)38)19-6-5-7-20(30)16-19/h2-3,5-7,10-11,14,16-17,22,25H,4,8-9,12-13,15H2,1H3,(H,31,33)(H,32,36)(H,34,38)/b3-2+/t22?,25-/m0/s1. The average Bonchev–Trinajstić information content (AvgIpc) is 3.40. The second kappa shape index (κ2) is 11.7. The molecule has 0 radical (unpaired) electrons. The topological polar surface area (TPSA) is 116 Å². The summed E-state index contributed by atoms with van der Waals surface area (Å²) in [7, 11) is 1.34.